The Balaban J connectivity index is 2.10. The number of hydrogen-bond acceptors (Lipinski definition) is 2. The molecule has 3 nitrogen and oxygen atoms in total. The van der Waals surface area contributed by atoms with Crippen molar-refractivity contribution in [1.82, 2.24) is 9.55 Å². The summed E-state index contributed by atoms with van der Waals surface area (Å²) in [5, 5.41) is 0. The summed E-state index contributed by atoms with van der Waals surface area (Å²) in [6.07, 6.45) is 5.06. The number of methoxy groups -OCH3 is 1. The van der Waals surface area contributed by atoms with Gasteiger partial charge in [0, 0.05) is 12.1 Å². The Bertz CT molecular complexity index is 608. The summed E-state index contributed by atoms with van der Waals surface area (Å²) in [5.74, 6) is 3.10. The highest BCUT2D eigenvalue weighted by molar-refractivity contribution is 6.16. The van der Waals surface area contributed by atoms with E-state index in [9.17, 15) is 0 Å². The van der Waals surface area contributed by atoms with Gasteiger partial charge in [-0.3, -0.25) is 0 Å². The molecule has 1 aromatic heterocycles. The minimum atomic E-state index is 0.460. The first-order valence-electron chi connectivity index (χ1n) is 7.33. The molecule has 0 aliphatic heterocycles. The van der Waals surface area contributed by atoms with Gasteiger partial charge in [-0.25, -0.2) is 4.98 Å². The van der Waals surface area contributed by atoms with E-state index in [4.69, 9.17) is 16.3 Å². The Hall–Kier alpha value is -1.22. The van der Waals surface area contributed by atoms with Crippen LogP contribution >= 0.6 is 11.6 Å². The Morgan fingerprint density at radius 1 is 1.40 bits per heavy atom. The normalized spacial score (nSPS) is 23.1. The van der Waals surface area contributed by atoms with Crippen LogP contribution in [0.3, 0.4) is 0 Å². The molecule has 1 saturated carbocycles. The van der Waals surface area contributed by atoms with Crippen molar-refractivity contribution in [2.45, 2.75) is 44.5 Å². The lowest BCUT2D eigenvalue weighted by Gasteiger charge is -2.29. The number of aromatic nitrogens is 2. The van der Waals surface area contributed by atoms with Crippen LogP contribution in [0.15, 0.2) is 18.2 Å². The van der Waals surface area contributed by atoms with Crippen molar-refractivity contribution in [2.75, 3.05) is 7.11 Å². The van der Waals surface area contributed by atoms with Gasteiger partial charge in [-0.2, -0.15) is 0 Å². The highest BCUT2D eigenvalue weighted by Crippen LogP contribution is 2.36. The monoisotopic (exact) mass is 292 g/mol. The average Bonchev–Trinajstić information content (AvgIpc) is 2.84. The number of ether oxygens (including phenoxy) is 1. The molecular formula is C16H21ClN2O. The van der Waals surface area contributed by atoms with Crippen LogP contribution in [0.5, 0.6) is 5.75 Å². The highest BCUT2D eigenvalue weighted by atomic mass is 35.5. The summed E-state index contributed by atoms with van der Waals surface area (Å²) in [6.45, 7) is 2.34. The SMILES string of the molecule is COc1ccc2nc(CCl)n(C3CCCC(C)C3)c2c1. The topological polar surface area (TPSA) is 27.1 Å². The summed E-state index contributed by atoms with van der Waals surface area (Å²) >= 11 is 6.12. The van der Waals surface area contributed by atoms with Crippen LogP contribution in [-0.2, 0) is 5.88 Å². The molecule has 1 aliphatic carbocycles. The van der Waals surface area contributed by atoms with Gasteiger partial charge in [0.1, 0.15) is 11.6 Å². The maximum atomic E-state index is 6.12. The molecule has 2 unspecified atom stereocenters. The quantitative estimate of drug-likeness (QED) is 0.777. The van der Waals surface area contributed by atoms with Crippen LogP contribution in [0.2, 0.25) is 0 Å². The van der Waals surface area contributed by atoms with E-state index in [0.717, 1.165) is 28.5 Å². The van der Waals surface area contributed by atoms with E-state index in [-0.39, 0.29) is 0 Å². The van der Waals surface area contributed by atoms with E-state index in [1.165, 1.54) is 25.7 Å². The standard InChI is InChI=1S/C16H21ClN2O/c1-11-4-3-5-12(8-11)19-15-9-13(20-2)6-7-14(15)18-16(19)10-17/h6-7,9,11-12H,3-5,8,10H2,1-2H3. The van der Waals surface area contributed by atoms with E-state index in [1.54, 1.807) is 7.11 Å². The van der Waals surface area contributed by atoms with Crippen molar-refractivity contribution in [1.29, 1.82) is 0 Å². The molecule has 0 spiro atoms. The molecule has 0 amide bonds. The molecule has 108 valence electrons. The van der Waals surface area contributed by atoms with Gasteiger partial charge >= 0.3 is 0 Å². The first-order valence-corrected chi connectivity index (χ1v) is 7.87. The van der Waals surface area contributed by atoms with Crippen molar-refractivity contribution in [3.63, 3.8) is 0 Å². The lowest BCUT2D eigenvalue weighted by atomic mass is 9.87. The molecule has 0 radical (unpaired) electrons. The fourth-order valence-corrected chi connectivity index (χ4v) is 3.58. The number of nitrogens with zero attached hydrogens (tertiary/aromatic N) is 2. The first kappa shape index (κ1) is 13.7. The summed E-state index contributed by atoms with van der Waals surface area (Å²) in [7, 11) is 1.70. The second-order valence-electron chi connectivity index (χ2n) is 5.81. The molecule has 1 aromatic carbocycles. The van der Waals surface area contributed by atoms with E-state index >= 15 is 0 Å². The molecule has 1 aliphatic rings. The number of fused-ring (bicyclic) bond motifs is 1. The van der Waals surface area contributed by atoms with Gasteiger partial charge in [-0.15, -0.1) is 11.6 Å². The average molecular weight is 293 g/mol. The van der Waals surface area contributed by atoms with Gasteiger partial charge in [0.05, 0.1) is 24.0 Å². The number of rotatable bonds is 3. The molecule has 1 fully saturated rings. The molecule has 2 atom stereocenters. The maximum Gasteiger partial charge on any atom is 0.125 e. The van der Waals surface area contributed by atoms with Crippen LogP contribution in [0.25, 0.3) is 11.0 Å². The van der Waals surface area contributed by atoms with Gasteiger partial charge in [0.15, 0.2) is 0 Å². The van der Waals surface area contributed by atoms with Crippen LogP contribution in [0, 0.1) is 5.92 Å². The maximum absolute atomic E-state index is 6.12. The second-order valence-corrected chi connectivity index (χ2v) is 6.08. The largest absolute Gasteiger partial charge is 0.497 e. The number of benzene rings is 1. The number of halogens is 1. The van der Waals surface area contributed by atoms with Gasteiger partial charge in [0.2, 0.25) is 0 Å². The fourth-order valence-electron chi connectivity index (χ4n) is 3.39. The zero-order valence-electron chi connectivity index (χ0n) is 12.1. The number of hydrogen-bond donors (Lipinski definition) is 0. The van der Waals surface area contributed by atoms with Gasteiger partial charge in [-0.05, 0) is 30.9 Å². The highest BCUT2D eigenvalue weighted by Gasteiger charge is 2.24. The molecule has 0 bridgehead atoms. The molecule has 20 heavy (non-hydrogen) atoms. The van der Waals surface area contributed by atoms with Crippen molar-refractivity contribution in [2.24, 2.45) is 5.92 Å². The third-order valence-electron chi connectivity index (χ3n) is 4.36. The van der Waals surface area contributed by atoms with Gasteiger partial charge in [0.25, 0.3) is 0 Å². The Kier molecular flexibility index (Phi) is 3.88. The molecule has 2 aromatic rings. The Morgan fingerprint density at radius 3 is 2.95 bits per heavy atom. The number of alkyl halides is 1. The van der Waals surface area contributed by atoms with Gasteiger partial charge in [-0.1, -0.05) is 19.8 Å². The van der Waals surface area contributed by atoms with E-state index in [2.05, 4.69) is 22.5 Å². The molecule has 4 heteroatoms. The van der Waals surface area contributed by atoms with E-state index < -0.39 is 0 Å². The van der Waals surface area contributed by atoms with Crippen LogP contribution < -0.4 is 4.74 Å². The molecule has 0 saturated heterocycles. The van der Waals surface area contributed by atoms with Crippen molar-refractivity contribution in [3.8, 4) is 5.75 Å². The lowest BCUT2D eigenvalue weighted by molar-refractivity contribution is 0.283. The van der Waals surface area contributed by atoms with Crippen molar-refractivity contribution < 1.29 is 4.74 Å². The Labute approximate surface area is 124 Å². The van der Waals surface area contributed by atoms with E-state index in [0.29, 0.717) is 11.9 Å². The summed E-state index contributed by atoms with van der Waals surface area (Å²) in [5.41, 5.74) is 2.17. The second kappa shape index (κ2) is 5.65. The third-order valence-corrected chi connectivity index (χ3v) is 4.60. The first-order chi connectivity index (χ1) is 9.72. The zero-order chi connectivity index (χ0) is 14.1. The summed E-state index contributed by atoms with van der Waals surface area (Å²) in [4.78, 5) is 4.68. The number of imidazole rings is 1. The smallest absolute Gasteiger partial charge is 0.125 e. The molecule has 0 N–H and O–H groups in total. The van der Waals surface area contributed by atoms with Crippen molar-refractivity contribution in [3.05, 3.63) is 24.0 Å². The third kappa shape index (κ3) is 2.39. The van der Waals surface area contributed by atoms with Crippen LogP contribution in [0.4, 0.5) is 0 Å². The van der Waals surface area contributed by atoms with Crippen LogP contribution in [0.1, 0.15) is 44.5 Å². The molecule has 1 heterocycles. The lowest BCUT2D eigenvalue weighted by Crippen LogP contribution is -2.19. The fraction of sp³-hybridized carbons (Fsp3) is 0.562. The Morgan fingerprint density at radius 2 is 2.25 bits per heavy atom. The minimum absolute atomic E-state index is 0.460. The predicted octanol–water partition coefficient (Wildman–Crippen LogP) is 4.53. The van der Waals surface area contributed by atoms with Gasteiger partial charge < -0.3 is 9.30 Å². The molecule has 3 rings (SSSR count). The van der Waals surface area contributed by atoms with Crippen LogP contribution in [-0.4, -0.2) is 16.7 Å². The minimum Gasteiger partial charge on any atom is -0.497 e. The summed E-state index contributed by atoms with van der Waals surface area (Å²) < 4.78 is 7.70. The predicted molar refractivity (Wildman–Crippen MR) is 82.5 cm³/mol. The molecular weight excluding hydrogens is 272 g/mol. The zero-order valence-corrected chi connectivity index (χ0v) is 12.9. The van der Waals surface area contributed by atoms with E-state index in [1.807, 2.05) is 12.1 Å². The van der Waals surface area contributed by atoms with Crippen molar-refractivity contribution >= 4 is 22.6 Å². The summed E-state index contributed by atoms with van der Waals surface area (Å²) in [6, 6.07) is 6.58.